The van der Waals surface area contributed by atoms with E-state index < -0.39 is 0 Å². The minimum Gasteiger partial charge on any atom is -0.493 e. The summed E-state index contributed by atoms with van der Waals surface area (Å²) >= 11 is 0. The second-order valence-electron chi connectivity index (χ2n) is 5.56. The first-order valence-electron chi connectivity index (χ1n) is 8.18. The number of ether oxygens (including phenoxy) is 2. The van der Waals surface area contributed by atoms with Crippen molar-refractivity contribution in [3.8, 4) is 11.5 Å². The third-order valence-corrected chi connectivity index (χ3v) is 3.84. The first-order chi connectivity index (χ1) is 12.1. The first kappa shape index (κ1) is 21.7. The number of methoxy groups -OCH3 is 2. The minimum absolute atomic E-state index is 0. The summed E-state index contributed by atoms with van der Waals surface area (Å²) in [6.07, 6.45) is 3.14. The molecule has 0 unspecified atom stereocenters. The van der Waals surface area contributed by atoms with E-state index in [9.17, 15) is 9.59 Å². The first-order valence-corrected chi connectivity index (χ1v) is 8.18. The van der Waals surface area contributed by atoms with Crippen molar-refractivity contribution in [2.45, 2.75) is 25.8 Å². The molecule has 3 N–H and O–H groups in total. The Labute approximate surface area is 158 Å². The Bertz CT molecular complexity index is 794. The molecule has 0 saturated carbocycles. The molecule has 2 rings (SSSR count). The summed E-state index contributed by atoms with van der Waals surface area (Å²) in [6.45, 7) is 1.54. The Morgan fingerprint density at radius 1 is 1.23 bits per heavy atom. The van der Waals surface area contributed by atoms with Crippen LogP contribution in [0.5, 0.6) is 11.5 Å². The van der Waals surface area contributed by atoms with Crippen LogP contribution in [0.4, 0.5) is 0 Å². The Morgan fingerprint density at radius 3 is 2.58 bits per heavy atom. The monoisotopic (exact) mass is 384 g/mol. The fourth-order valence-electron chi connectivity index (χ4n) is 2.47. The summed E-state index contributed by atoms with van der Waals surface area (Å²) in [5.74, 6) is 0.960. The van der Waals surface area contributed by atoms with Gasteiger partial charge in [0, 0.05) is 25.6 Å². The van der Waals surface area contributed by atoms with E-state index in [1.807, 2.05) is 0 Å². The Hall–Kier alpha value is -2.32. The summed E-state index contributed by atoms with van der Waals surface area (Å²) in [5.41, 5.74) is 5.75. The number of nitrogens with one attached hydrogen (secondary N) is 1. The van der Waals surface area contributed by atoms with E-state index in [0.717, 1.165) is 6.42 Å². The summed E-state index contributed by atoms with van der Waals surface area (Å²) in [4.78, 5) is 28.6. The normalized spacial score (nSPS) is 10.3. The zero-order valence-corrected chi connectivity index (χ0v) is 15.8. The summed E-state index contributed by atoms with van der Waals surface area (Å²) in [5, 5.41) is 3.24. The van der Waals surface area contributed by atoms with Gasteiger partial charge in [-0.15, -0.1) is 12.4 Å². The van der Waals surface area contributed by atoms with Crippen LogP contribution in [-0.4, -0.2) is 42.8 Å². The zero-order valence-electron chi connectivity index (χ0n) is 15.0. The van der Waals surface area contributed by atoms with E-state index in [4.69, 9.17) is 15.2 Å². The van der Waals surface area contributed by atoms with Crippen molar-refractivity contribution in [3.05, 3.63) is 28.8 Å². The summed E-state index contributed by atoms with van der Waals surface area (Å²) < 4.78 is 12.0. The molecule has 144 valence electrons. The standard InChI is InChI=1S/C17H24N4O4.ClH/c1-24-14-9-12-13(10-15(14)25-2)20-11-21(17(12)23)8-3-5-16(22)19-7-4-6-18;/h9-11H,3-8,18H2,1-2H3,(H,19,22);1H. The predicted molar refractivity (Wildman–Crippen MR) is 102 cm³/mol. The van der Waals surface area contributed by atoms with Gasteiger partial charge in [-0.1, -0.05) is 0 Å². The number of benzene rings is 1. The zero-order chi connectivity index (χ0) is 18.2. The van der Waals surface area contributed by atoms with Crippen LogP contribution in [-0.2, 0) is 11.3 Å². The molecular weight excluding hydrogens is 360 g/mol. The lowest BCUT2D eigenvalue weighted by Gasteiger charge is -2.10. The summed E-state index contributed by atoms with van der Waals surface area (Å²) in [7, 11) is 3.05. The van der Waals surface area contributed by atoms with Gasteiger partial charge >= 0.3 is 0 Å². The highest BCUT2D eigenvalue weighted by atomic mass is 35.5. The van der Waals surface area contributed by atoms with E-state index in [0.29, 0.717) is 54.9 Å². The number of carbonyl (C=O) groups is 1. The van der Waals surface area contributed by atoms with Crippen LogP contribution < -0.4 is 26.1 Å². The van der Waals surface area contributed by atoms with Crippen molar-refractivity contribution in [3.63, 3.8) is 0 Å². The van der Waals surface area contributed by atoms with Crippen LogP contribution >= 0.6 is 12.4 Å². The molecule has 0 bridgehead atoms. The highest BCUT2D eigenvalue weighted by molar-refractivity contribution is 5.85. The average molecular weight is 385 g/mol. The predicted octanol–water partition coefficient (Wildman–Crippen LogP) is 1.08. The topological polar surface area (TPSA) is 108 Å². The Kier molecular flexibility index (Phi) is 8.87. The Morgan fingerprint density at radius 2 is 1.92 bits per heavy atom. The molecule has 0 spiro atoms. The number of aryl methyl sites for hydroxylation is 1. The maximum absolute atomic E-state index is 12.6. The van der Waals surface area contributed by atoms with Crippen LogP contribution in [0.25, 0.3) is 10.9 Å². The molecular formula is C17H25ClN4O4. The quantitative estimate of drug-likeness (QED) is 0.626. The number of carbonyl (C=O) groups excluding carboxylic acids is 1. The number of fused-ring (bicyclic) bond motifs is 1. The molecule has 0 aliphatic carbocycles. The van der Waals surface area contributed by atoms with Crippen LogP contribution in [0.3, 0.4) is 0 Å². The molecule has 1 aromatic carbocycles. The van der Waals surface area contributed by atoms with Gasteiger partial charge in [-0.05, 0) is 25.5 Å². The fraction of sp³-hybridized carbons (Fsp3) is 0.471. The van der Waals surface area contributed by atoms with Crippen molar-refractivity contribution in [2.75, 3.05) is 27.3 Å². The van der Waals surface area contributed by atoms with Gasteiger partial charge in [0.05, 0.1) is 31.4 Å². The van der Waals surface area contributed by atoms with Gasteiger partial charge in [-0.25, -0.2) is 4.98 Å². The highest BCUT2D eigenvalue weighted by Crippen LogP contribution is 2.29. The van der Waals surface area contributed by atoms with Crippen LogP contribution in [0.15, 0.2) is 23.3 Å². The molecule has 0 aliphatic rings. The van der Waals surface area contributed by atoms with E-state index in [1.165, 1.54) is 25.1 Å². The average Bonchev–Trinajstić information content (AvgIpc) is 2.63. The van der Waals surface area contributed by atoms with Gasteiger partial charge in [-0.3, -0.25) is 14.2 Å². The van der Waals surface area contributed by atoms with Crippen LogP contribution in [0, 0.1) is 0 Å². The number of hydrogen-bond acceptors (Lipinski definition) is 6. The molecule has 0 saturated heterocycles. The van der Waals surface area contributed by atoms with Crippen LogP contribution in [0.2, 0.25) is 0 Å². The van der Waals surface area contributed by atoms with Gasteiger partial charge in [0.1, 0.15) is 0 Å². The molecule has 1 heterocycles. The maximum Gasteiger partial charge on any atom is 0.261 e. The molecule has 0 radical (unpaired) electrons. The Balaban J connectivity index is 0.00000338. The number of halogens is 1. The molecule has 0 atom stereocenters. The minimum atomic E-state index is -0.172. The van der Waals surface area contributed by atoms with Crippen molar-refractivity contribution >= 4 is 29.2 Å². The molecule has 0 aliphatic heterocycles. The highest BCUT2D eigenvalue weighted by Gasteiger charge is 2.11. The fourth-order valence-corrected chi connectivity index (χ4v) is 2.47. The van der Waals surface area contributed by atoms with Gasteiger partial charge in [0.25, 0.3) is 5.56 Å². The lowest BCUT2D eigenvalue weighted by molar-refractivity contribution is -0.121. The smallest absolute Gasteiger partial charge is 0.261 e. The molecule has 2 aromatic rings. The van der Waals surface area contributed by atoms with Gasteiger partial charge in [0.15, 0.2) is 11.5 Å². The molecule has 9 heteroatoms. The van der Waals surface area contributed by atoms with Gasteiger partial charge in [0.2, 0.25) is 5.91 Å². The summed E-state index contributed by atoms with van der Waals surface area (Å²) in [6, 6.07) is 3.30. The van der Waals surface area contributed by atoms with E-state index in [2.05, 4.69) is 10.3 Å². The molecule has 8 nitrogen and oxygen atoms in total. The molecule has 1 aromatic heterocycles. The number of hydrogen-bond donors (Lipinski definition) is 2. The van der Waals surface area contributed by atoms with Gasteiger partial charge < -0.3 is 20.5 Å². The van der Waals surface area contributed by atoms with Crippen molar-refractivity contribution in [1.29, 1.82) is 0 Å². The lowest BCUT2D eigenvalue weighted by Crippen LogP contribution is -2.26. The third-order valence-electron chi connectivity index (χ3n) is 3.84. The number of amides is 1. The van der Waals surface area contributed by atoms with E-state index >= 15 is 0 Å². The molecule has 1 amide bonds. The van der Waals surface area contributed by atoms with Crippen molar-refractivity contribution < 1.29 is 14.3 Å². The SMILES string of the molecule is COc1cc2ncn(CCCC(=O)NCCCN)c(=O)c2cc1OC.Cl. The van der Waals surface area contributed by atoms with Crippen molar-refractivity contribution in [1.82, 2.24) is 14.9 Å². The van der Waals surface area contributed by atoms with E-state index in [1.54, 1.807) is 12.1 Å². The second kappa shape index (κ2) is 10.6. The number of nitrogens with two attached hydrogens (primary N) is 1. The van der Waals surface area contributed by atoms with Crippen LogP contribution in [0.1, 0.15) is 19.3 Å². The molecule has 26 heavy (non-hydrogen) atoms. The maximum atomic E-state index is 12.6. The second-order valence-corrected chi connectivity index (χ2v) is 5.56. The van der Waals surface area contributed by atoms with E-state index in [-0.39, 0.29) is 23.9 Å². The number of nitrogens with zero attached hydrogens (tertiary/aromatic N) is 2. The lowest BCUT2D eigenvalue weighted by atomic mass is 10.2. The third kappa shape index (κ3) is 5.34. The largest absolute Gasteiger partial charge is 0.493 e. The number of aromatic nitrogens is 2. The molecule has 0 fully saturated rings. The van der Waals surface area contributed by atoms with Gasteiger partial charge in [-0.2, -0.15) is 0 Å². The van der Waals surface area contributed by atoms with Crippen molar-refractivity contribution in [2.24, 2.45) is 5.73 Å². The number of rotatable bonds is 9.